The number of hydrogen-bond donors (Lipinski definition) is 1. The van der Waals surface area contributed by atoms with Crippen LogP contribution in [0.1, 0.15) is 19.0 Å². The Morgan fingerprint density at radius 2 is 2.23 bits per heavy atom. The van der Waals surface area contributed by atoms with E-state index in [0.717, 1.165) is 5.70 Å². The van der Waals surface area contributed by atoms with Gasteiger partial charge in [0.2, 0.25) is 0 Å². The summed E-state index contributed by atoms with van der Waals surface area (Å²) < 4.78 is 1.50. The highest BCUT2D eigenvalue weighted by molar-refractivity contribution is 5.43. The second-order valence-electron chi connectivity index (χ2n) is 2.95. The second kappa shape index (κ2) is 3.47. The highest BCUT2D eigenvalue weighted by Gasteiger charge is 2.03. The molecule has 0 unspecified atom stereocenters. The highest BCUT2D eigenvalue weighted by atomic mass is 16.3. The van der Waals surface area contributed by atoms with Crippen LogP contribution in [-0.4, -0.2) is 9.67 Å². The molecule has 0 saturated carbocycles. The van der Waals surface area contributed by atoms with Crippen LogP contribution < -0.4 is 5.56 Å². The van der Waals surface area contributed by atoms with Gasteiger partial charge in [-0.2, -0.15) is 0 Å². The van der Waals surface area contributed by atoms with Gasteiger partial charge in [-0.1, -0.05) is 13.5 Å². The molecule has 3 heteroatoms. The lowest BCUT2D eigenvalue weighted by atomic mass is 10.3. The van der Waals surface area contributed by atoms with Gasteiger partial charge in [-0.25, -0.2) is 0 Å². The van der Waals surface area contributed by atoms with Crippen LogP contribution in [0.3, 0.4) is 0 Å². The van der Waals surface area contributed by atoms with Gasteiger partial charge in [-0.15, -0.1) is 0 Å². The van der Waals surface area contributed by atoms with Crippen molar-refractivity contribution < 1.29 is 5.11 Å². The zero-order valence-corrected chi connectivity index (χ0v) is 7.87. The maximum atomic E-state index is 11.4. The van der Waals surface area contributed by atoms with Crippen LogP contribution in [0.25, 0.3) is 5.70 Å². The zero-order valence-electron chi connectivity index (χ0n) is 7.87. The molecular weight excluding hydrogens is 166 g/mol. The summed E-state index contributed by atoms with van der Waals surface area (Å²) in [6, 6.07) is 2.73. The maximum absolute atomic E-state index is 11.4. The molecule has 0 aliphatic heterocycles. The average Bonchev–Trinajstić information content (AvgIpc) is 2.02. The van der Waals surface area contributed by atoms with E-state index in [1.165, 1.54) is 10.6 Å². The summed E-state index contributed by atoms with van der Waals surface area (Å²) in [7, 11) is 0. The molecule has 0 aliphatic carbocycles. The van der Waals surface area contributed by atoms with E-state index < -0.39 is 0 Å². The Kier molecular flexibility index (Phi) is 2.56. The van der Waals surface area contributed by atoms with E-state index >= 15 is 0 Å². The maximum Gasteiger partial charge on any atom is 0.258 e. The van der Waals surface area contributed by atoms with E-state index in [1.54, 1.807) is 13.0 Å². The summed E-state index contributed by atoms with van der Waals surface area (Å²) in [5.74, 6) is 0.00246. The third-order valence-corrected chi connectivity index (χ3v) is 1.93. The van der Waals surface area contributed by atoms with Gasteiger partial charge >= 0.3 is 0 Å². The molecule has 0 atom stereocenters. The van der Waals surface area contributed by atoms with Crippen molar-refractivity contribution in [2.75, 3.05) is 0 Å². The molecule has 1 rings (SSSR count). The molecule has 1 heterocycles. The van der Waals surface area contributed by atoms with Crippen LogP contribution in [0.4, 0.5) is 0 Å². The first kappa shape index (κ1) is 9.58. The van der Waals surface area contributed by atoms with Crippen molar-refractivity contribution in [3.63, 3.8) is 0 Å². The lowest BCUT2D eigenvalue weighted by Crippen LogP contribution is -2.19. The van der Waals surface area contributed by atoms with Crippen LogP contribution in [0, 0.1) is 6.92 Å². The van der Waals surface area contributed by atoms with Crippen molar-refractivity contribution >= 4 is 5.70 Å². The molecule has 0 bridgehead atoms. The van der Waals surface area contributed by atoms with Crippen LogP contribution in [0.15, 0.2) is 23.5 Å². The lowest BCUT2D eigenvalue weighted by molar-refractivity contribution is 0.472. The highest BCUT2D eigenvalue weighted by Crippen LogP contribution is 2.11. The first-order valence-electron chi connectivity index (χ1n) is 4.17. The molecule has 0 radical (unpaired) electrons. The Morgan fingerprint density at radius 1 is 1.62 bits per heavy atom. The quantitative estimate of drug-likeness (QED) is 0.751. The smallest absolute Gasteiger partial charge is 0.258 e. The largest absolute Gasteiger partial charge is 0.508 e. The summed E-state index contributed by atoms with van der Waals surface area (Å²) in [5.41, 5.74) is 1.21. The summed E-state index contributed by atoms with van der Waals surface area (Å²) in [6.45, 7) is 7.47. The van der Waals surface area contributed by atoms with Crippen molar-refractivity contribution in [1.82, 2.24) is 4.57 Å². The topological polar surface area (TPSA) is 42.2 Å². The van der Waals surface area contributed by atoms with Gasteiger partial charge in [0, 0.05) is 17.5 Å². The van der Waals surface area contributed by atoms with Crippen LogP contribution >= 0.6 is 0 Å². The van der Waals surface area contributed by atoms with Crippen molar-refractivity contribution in [3.05, 3.63) is 34.8 Å². The minimum absolute atomic E-state index is 0.00246. The van der Waals surface area contributed by atoms with Gasteiger partial charge in [0.1, 0.15) is 5.75 Å². The second-order valence-corrected chi connectivity index (χ2v) is 2.95. The number of hydrogen-bond acceptors (Lipinski definition) is 2. The summed E-state index contributed by atoms with van der Waals surface area (Å²) >= 11 is 0. The molecule has 0 aliphatic rings. The Morgan fingerprint density at radius 3 is 2.69 bits per heavy atom. The SMILES string of the molecule is C=C(CC)n1c(C)cc(O)cc1=O. The van der Waals surface area contributed by atoms with E-state index in [1.807, 2.05) is 6.92 Å². The molecule has 13 heavy (non-hydrogen) atoms. The molecule has 1 N–H and O–H groups in total. The van der Waals surface area contributed by atoms with Gasteiger partial charge < -0.3 is 5.11 Å². The Hall–Kier alpha value is -1.51. The van der Waals surface area contributed by atoms with E-state index in [9.17, 15) is 4.79 Å². The minimum Gasteiger partial charge on any atom is -0.508 e. The third kappa shape index (κ3) is 1.80. The summed E-state index contributed by atoms with van der Waals surface area (Å²) in [5, 5.41) is 9.13. The number of allylic oxidation sites excluding steroid dienone is 1. The van der Waals surface area contributed by atoms with E-state index in [2.05, 4.69) is 6.58 Å². The number of pyridine rings is 1. The first-order valence-corrected chi connectivity index (χ1v) is 4.17. The fraction of sp³-hybridized carbons (Fsp3) is 0.300. The first-order chi connectivity index (χ1) is 6.06. The van der Waals surface area contributed by atoms with Crippen molar-refractivity contribution in [2.24, 2.45) is 0 Å². The predicted octanol–water partition coefficient (Wildman–Crippen LogP) is 1.74. The number of aromatic hydroxyl groups is 1. The normalized spacial score (nSPS) is 10.0. The number of aromatic nitrogens is 1. The molecule has 0 spiro atoms. The van der Waals surface area contributed by atoms with Crippen molar-refractivity contribution in [2.45, 2.75) is 20.3 Å². The molecule has 70 valence electrons. The number of nitrogens with zero attached hydrogens (tertiary/aromatic N) is 1. The van der Waals surface area contributed by atoms with E-state index in [4.69, 9.17) is 5.11 Å². The Bertz CT molecular complexity index is 390. The molecule has 0 aromatic carbocycles. The molecule has 0 amide bonds. The van der Waals surface area contributed by atoms with Gasteiger partial charge in [-0.3, -0.25) is 9.36 Å². The van der Waals surface area contributed by atoms with Gasteiger partial charge in [-0.05, 0) is 19.4 Å². The summed E-state index contributed by atoms with van der Waals surface area (Å²) in [6.07, 6.45) is 0.714. The zero-order chi connectivity index (χ0) is 10.0. The van der Waals surface area contributed by atoms with Crippen LogP contribution in [-0.2, 0) is 0 Å². The molecule has 0 fully saturated rings. The van der Waals surface area contributed by atoms with Crippen LogP contribution in [0.2, 0.25) is 0 Å². The van der Waals surface area contributed by atoms with Gasteiger partial charge in [0.15, 0.2) is 0 Å². The standard InChI is InChI=1S/C10H13NO2/c1-4-7(2)11-8(3)5-9(12)6-10(11)13/h5-6,12H,2,4H2,1,3H3. The predicted molar refractivity (Wildman–Crippen MR) is 52.7 cm³/mol. The number of rotatable bonds is 2. The minimum atomic E-state index is -0.232. The monoisotopic (exact) mass is 179 g/mol. The van der Waals surface area contributed by atoms with E-state index in [-0.39, 0.29) is 11.3 Å². The number of aryl methyl sites for hydroxylation is 1. The molecule has 1 aromatic rings. The fourth-order valence-corrected chi connectivity index (χ4v) is 1.25. The van der Waals surface area contributed by atoms with Crippen molar-refractivity contribution in [3.8, 4) is 5.75 Å². The van der Waals surface area contributed by atoms with E-state index in [0.29, 0.717) is 12.1 Å². The van der Waals surface area contributed by atoms with Crippen LogP contribution in [0.5, 0.6) is 5.75 Å². The van der Waals surface area contributed by atoms with Crippen molar-refractivity contribution in [1.29, 1.82) is 0 Å². The Labute approximate surface area is 77.0 Å². The average molecular weight is 179 g/mol. The molecule has 3 nitrogen and oxygen atoms in total. The Balaban J connectivity index is 3.38. The lowest BCUT2D eigenvalue weighted by Gasteiger charge is -2.10. The molecule has 0 saturated heterocycles. The van der Waals surface area contributed by atoms with Gasteiger partial charge in [0.05, 0.1) is 0 Å². The molecule has 1 aromatic heterocycles. The summed E-state index contributed by atoms with van der Waals surface area (Å²) in [4.78, 5) is 11.4. The fourth-order valence-electron chi connectivity index (χ4n) is 1.25. The molecular formula is C10H13NO2. The van der Waals surface area contributed by atoms with Gasteiger partial charge in [0.25, 0.3) is 5.56 Å². The third-order valence-electron chi connectivity index (χ3n) is 1.93.